The van der Waals surface area contributed by atoms with Crippen LogP contribution in [0, 0.1) is 0 Å². The van der Waals surface area contributed by atoms with Crippen LogP contribution in [-0.2, 0) is 0 Å². The molecule has 1 atom stereocenters. The molecule has 0 bridgehead atoms. The van der Waals surface area contributed by atoms with Gasteiger partial charge in [0.05, 0.1) is 0 Å². The van der Waals surface area contributed by atoms with E-state index in [9.17, 15) is 0 Å². The predicted molar refractivity (Wildman–Crippen MR) is 58.4 cm³/mol. The Morgan fingerprint density at radius 1 is 1.50 bits per heavy atom. The summed E-state index contributed by atoms with van der Waals surface area (Å²) in [4.78, 5) is 0. The van der Waals surface area contributed by atoms with Gasteiger partial charge in [-0.05, 0) is 0 Å². The van der Waals surface area contributed by atoms with Crippen LogP contribution in [0.2, 0.25) is 0 Å². The molecule has 68 valence electrons. The van der Waals surface area contributed by atoms with Gasteiger partial charge in [-0.2, -0.15) is 0 Å². The van der Waals surface area contributed by atoms with E-state index in [1.165, 1.54) is 0 Å². The molecule has 0 heterocycles. The molecule has 0 fully saturated rings. The first-order valence-electron chi connectivity index (χ1n) is 4.32. The van der Waals surface area contributed by atoms with Crippen molar-refractivity contribution in [1.82, 2.24) is 10.6 Å². The van der Waals surface area contributed by atoms with Crippen LogP contribution in [0.1, 0.15) is 12.8 Å². The predicted octanol–water partition coefficient (Wildman–Crippen LogP) is -0.167. The van der Waals surface area contributed by atoms with Crippen molar-refractivity contribution < 1.29 is 0 Å². The average molecular weight is 166 g/mol. The van der Waals surface area contributed by atoms with E-state index in [-0.39, 0.29) is 5.54 Å². The van der Waals surface area contributed by atoms with E-state index in [1.807, 2.05) is 26.1 Å². The summed E-state index contributed by atoms with van der Waals surface area (Å²) in [5.41, 5.74) is 0.0168. The standard InChI is InChI=1S/C9H19BN2/c1-4-5-6-9(7-10,12-3)8-11-2/h4,7,10-12H,1,5-6,8H2,2-3H3. The van der Waals surface area contributed by atoms with Crippen molar-refractivity contribution in [2.75, 3.05) is 20.6 Å². The summed E-state index contributed by atoms with van der Waals surface area (Å²) in [5, 5.41) is 6.42. The van der Waals surface area contributed by atoms with Gasteiger partial charge in [0.1, 0.15) is 0 Å². The zero-order valence-electron chi connectivity index (χ0n) is 8.19. The van der Waals surface area contributed by atoms with E-state index < -0.39 is 0 Å². The molecule has 0 saturated carbocycles. The van der Waals surface area contributed by atoms with Gasteiger partial charge in [0.15, 0.2) is 0 Å². The van der Waals surface area contributed by atoms with Gasteiger partial charge in [0.25, 0.3) is 0 Å². The van der Waals surface area contributed by atoms with Crippen molar-refractivity contribution in [2.45, 2.75) is 18.4 Å². The minimum atomic E-state index is 0.0168. The fourth-order valence-electron chi connectivity index (χ4n) is 1.25. The second kappa shape index (κ2) is 6.15. The molecule has 0 aliphatic carbocycles. The van der Waals surface area contributed by atoms with Gasteiger partial charge >= 0.3 is 75.8 Å². The average Bonchev–Trinajstić information content (AvgIpc) is 2.13. The Morgan fingerprint density at radius 2 is 2.17 bits per heavy atom. The van der Waals surface area contributed by atoms with Crippen LogP contribution in [0.5, 0.6) is 0 Å². The molecule has 2 nitrogen and oxygen atoms in total. The number of hydrogen-bond donors (Lipinski definition) is 2. The zero-order valence-corrected chi connectivity index (χ0v) is 8.19. The fourth-order valence-corrected chi connectivity index (χ4v) is 1.25. The summed E-state index contributed by atoms with van der Waals surface area (Å²) in [7, 11) is 7.75. The maximum atomic E-state index is 3.84. The third-order valence-corrected chi connectivity index (χ3v) is 2.18. The molecule has 0 aromatic carbocycles. The van der Waals surface area contributed by atoms with E-state index >= 15 is 0 Å². The minimum absolute atomic E-state index is 0.0168. The van der Waals surface area contributed by atoms with E-state index in [0.29, 0.717) is 0 Å². The Labute approximate surface area is 76.5 Å². The van der Waals surface area contributed by atoms with Crippen LogP contribution in [0.15, 0.2) is 12.7 Å². The molecule has 12 heavy (non-hydrogen) atoms. The molecule has 0 aromatic heterocycles. The number of likely N-dealkylation sites (N-methyl/N-ethyl adjacent to an activating group) is 2. The number of allylic oxidation sites excluding steroid dienone is 1. The Bertz CT molecular complexity index is 147. The van der Waals surface area contributed by atoms with Gasteiger partial charge in [-0.3, -0.25) is 0 Å². The maximum absolute atomic E-state index is 3.84. The van der Waals surface area contributed by atoms with Crippen LogP contribution in [0.3, 0.4) is 0 Å². The monoisotopic (exact) mass is 166 g/mol. The van der Waals surface area contributed by atoms with Crippen molar-refractivity contribution in [3.63, 3.8) is 0 Å². The van der Waals surface area contributed by atoms with E-state index in [1.54, 1.807) is 0 Å². The summed E-state index contributed by atoms with van der Waals surface area (Å²) in [6.45, 7) is 4.61. The molecule has 1 unspecified atom stereocenters. The normalized spacial score (nSPS) is 15.1. The first-order valence-corrected chi connectivity index (χ1v) is 4.32. The second-order valence-electron chi connectivity index (χ2n) is 2.97. The summed E-state index contributed by atoms with van der Waals surface area (Å²) < 4.78 is 0. The molecule has 2 N–H and O–H groups in total. The van der Waals surface area contributed by atoms with Crippen LogP contribution >= 0.6 is 0 Å². The topological polar surface area (TPSA) is 24.1 Å². The van der Waals surface area contributed by atoms with Crippen molar-refractivity contribution in [1.29, 1.82) is 0 Å². The molecule has 0 rings (SSSR count). The Hall–Kier alpha value is -0.405. The molecule has 0 aromatic rings. The molecule has 0 aliphatic heterocycles. The third kappa shape index (κ3) is 3.33. The molecular formula is C9H19BN2. The van der Waals surface area contributed by atoms with Gasteiger partial charge in [-0.15, -0.1) is 0 Å². The van der Waals surface area contributed by atoms with Crippen molar-refractivity contribution in [2.24, 2.45) is 0 Å². The van der Waals surface area contributed by atoms with Crippen molar-refractivity contribution in [3.05, 3.63) is 12.7 Å². The Kier molecular flexibility index (Phi) is 5.94. The van der Waals surface area contributed by atoms with Crippen LogP contribution in [-0.4, -0.2) is 39.6 Å². The van der Waals surface area contributed by atoms with E-state index in [0.717, 1.165) is 19.4 Å². The van der Waals surface area contributed by atoms with E-state index in [2.05, 4.69) is 24.7 Å². The molecule has 3 heteroatoms. The first-order chi connectivity index (χ1) is 5.74. The molecular weight excluding hydrogens is 147 g/mol. The SMILES string of the molecule is B=CC(CCC=C)(CNC)NC. The van der Waals surface area contributed by atoms with Gasteiger partial charge in [-0.1, -0.05) is 0 Å². The summed E-state index contributed by atoms with van der Waals surface area (Å²) in [5.74, 6) is 1.97. The fraction of sp³-hybridized carbons (Fsp3) is 0.667. The summed E-state index contributed by atoms with van der Waals surface area (Å²) in [6.07, 6.45) is 3.98. The van der Waals surface area contributed by atoms with Crippen LogP contribution < -0.4 is 10.6 Å². The summed E-state index contributed by atoms with van der Waals surface area (Å²) in [6, 6.07) is 0. The van der Waals surface area contributed by atoms with Gasteiger partial charge in [0, 0.05) is 0 Å². The molecule has 0 aliphatic rings. The Balaban J connectivity index is 4.12. The third-order valence-electron chi connectivity index (χ3n) is 2.18. The van der Waals surface area contributed by atoms with Crippen molar-refractivity contribution in [3.8, 4) is 0 Å². The quantitative estimate of drug-likeness (QED) is 0.405. The summed E-state index contributed by atoms with van der Waals surface area (Å²) >= 11 is 0. The number of hydrogen-bond acceptors (Lipinski definition) is 2. The molecule has 0 radical (unpaired) electrons. The number of nitrogens with one attached hydrogen (secondary N) is 2. The first kappa shape index (κ1) is 11.6. The van der Waals surface area contributed by atoms with E-state index in [4.69, 9.17) is 0 Å². The van der Waals surface area contributed by atoms with Crippen LogP contribution in [0.4, 0.5) is 0 Å². The van der Waals surface area contributed by atoms with Gasteiger partial charge in [-0.25, -0.2) is 0 Å². The van der Waals surface area contributed by atoms with Crippen molar-refractivity contribution >= 4 is 13.5 Å². The molecule has 0 amide bonds. The zero-order chi connectivity index (χ0) is 9.45. The number of rotatable bonds is 7. The Morgan fingerprint density at radius 3 is 2.50 bits per heavy atom. The molecule has 0 saturated heterocycles. The van der Waals surface area contributed by atoms with Gasteiger partial charge in [0.2, 0.25) is 0 Å². The second-order valence-corrected chi connectivity index (χ2v) is 2.97. The van der Waals surface area contributed by atoms with Gasteiger partial charge < -0.3 is 0 Å². The molecule has 0 spiro atoms. The van der Waals surface area contributed by atoms with Crippen LogP contribution in [0.25, 0.3) is 0 Å².